The number of carboxylic acids is 1. The Morgan fingerprint density at radius 3 is 2.20 bits per heavy atom. The maximum absolute atomic E-state index is 12.4. The molecular formula is C16H21NO3. The summed E-state index contributed by atoms with van der Waals surface area (Å²) in [4.78, 5) is 23.7. The lowest BCUT2D eigenvalue weighted by Gasteiger charge is -2.28. The number of anilines is 1. The summed E-state index contributed by atoms with van der Waals surface area (Å²) >= 11 is 0. The van der Waals surface area contributed by atoms with Crippen molar-refractivity contribution in [2.45, 2.75) is 39.5 Å². The van der Waals surface area contributed by atoms with E-state index in [0.717, 1.165) is 29.7 Å². The van der Waals surface area contributed by atoms with E-state index in [9.17, 15) is 14.7 Å². The third kappa shape index (κ3) is 3.00. The molecule has 20 heavy (non-hydrogen) atoms. The van der Waals surface area contributed by atoms with Crippen LogP contribution in [0.2, 0.25) is 0 Å². The molecule has 2 rings (SSSR count). The van der Waals surface area contributed by atoms with E-state index < -0.39 is 17.8 Å². The number of hydrogen-bond acceptors (Lipinski definition) is 2. The molecule has 1 aliphatic carbocycles. The van der Waals surface area contributed by atoms with E-state index in [1.165, 1.54) is 0 Å². The maximum atomic E-state index is 12.4. The predicted octanol–water partition coefficient (Wildman–Crippen LogP) is 3.13. The van der Waals surface area contributed by atoms with E-state index in [1.807, 2.05) is 32.0 Å². The van der Waals surface area contributed by atoms with E-state index in [2.05, 4.69) is 5.32 Å². The maximum Gasteiger partial charge on any atom is 0.307 e. The molecule has 0 aromatic heterocycles. The van der Waals surface area contributed by atoms with Crippen LogP contribution in [0, 0.1) is 25.7 Å². The Labute approximate surface area is 119 Å². The van der Waals surface area contributed by atoms with Crippen molar-refractivity contribution in [2.75, 3.05) is 5.32 Å². The first-order chi connectivity index (χ1) is 9.50. The van der Waals surface area contributed by atoms with E-state index >= 15 is 0 Å². The Hall–Kier alpha value is -1.84. The number of carboxylic acid groups (broad SMARTS) is 1. The number of rotatable bonds is 3. The Bertz CT molecular complexity index is 504. The van der Waals surface area contributed by atoms with Crippen LogP contribution in [-0.4, -0.2) is 17.0 Å². The van der Waals surface area contributed by atoms with Crippen LogP contribution in [0.15, 0.2) is 18.2 Å². The molecule has 1 amide bonds. The van der Waals surface area contributed by atoms with Gasteiger partial charge in [-0.15, -0.1) is 0 Å². The van der Waals surface area contributed by atoms with Gasteiger partial charge in [-0.1, -0.05) is 31.0 Å². The number of aryl methyl sites for hydroxylation is 2. The van der Waals surface area contributed by atoms with Gasteiger partial charge in [0.25, 0.3) is 0 Å². The van der Waals surface area contributed by atoms with Gasteiger partial charge in [0.15, 0.2) is 0 Å². The molecule has 1 aromatic carbocycles. The summed E-state index contributed by atoms with van der Waals surface area (Å²) in [6.07, 6.45) is 3.08. The van der Waals surface area contributed by atoms with Gasteiger partial charge in [-0.25, -0.2) is 0 Å². The van der Waals surface area contributed by atoms with Gasteiger partial charge in [-0.2, -0.15) is 0 Å². The Kier molecular flexibility index (Phi) is 4.42. The summed E-state index contributed by atoms with van der Waals surface area (Å²) in [5, 5.41) is 12.2. The van der Waals surface area contributed by atoms with Crippen LogP contribution >= 0.6 is 0 Å². The second kappa shape index (κ2) is 6.07. The molecule has 1 fully saturated rings. The first-order valence-electron chi connectivity index (χ1n) is 7.10. The average Bonchev–Trinajstić information content (AvgIpc) is 2.43. The number of para-hydroxylation sites is 1. The number of amides is 1. The number of aliphatic carboxylic acids is 1. The molecule has 2 atom stereocenters. The minimum atomic E-state index is -0.855. The van der Waals surface area contributed by atoms with Gasteiger partial charge in [0.2, 0.25) is 5.91 Å². The lowest BCUT2D eigenvalue weighted by atomic mass is 9.78. The number of hydrogen-bond donors (Lipinski definition) is 2. The molecule has 1 aromatic rings. The molecule has 0 radical (unpaired) electrons. The van der Waals surface area contributed by atoms with Gasteiger partial charge >= 0.3 is 5.97 Å². The molecule has 0 saturated heterocycles. The van der Waals surface area contributed by atoms with Crippen LogP contribution in [0.25, 0.3) is 0 Å². The first kappa shape index (κ1) is 14.6. The summed E-state index contributed by atoms with van der Waals surface area (Å²) in [6, 6.07) is 5.83. The molecular weight excluding hydrogens is 254 g/mol. The lowest BCUT2D eigenvalue weighted by molar-refractivity contribution is -0.147. The van der Waals surface area contributed by atoms with Crippen molar-refractivity contribution in [2.24, 2.45) is 11.8 Å². The average molecular weight is 275 g/mol. The Balaban J connectivity index is 2.16. The van der Waals surface area contributed by atoms with Crippen molar-refractivity contribution in [3.05, 3.63) is 29.3 Å². The van der Waals surface area contributed by atoms with E-state index in [0.29, 0.717) is 12.8 Å². The summed E-state index contributed by atoms with van der Waals surface area (Å²) in [5.74, 6) is -1.98. The highest BCUT2D eigenvalue weighted by atomic mass is 16.4. The zero-order chi connectivity index (χ0) is 14.7. The first-order valence-corrected chi connectivity index (χ1v) is 7.10. The van der Waals surface area contributed by atoms with Crippen molar-refractivity contribution in [1.29, 1.82) is 0 Å². The second-order valence-electron chi connectivity index (χ2n) is 5.59. The zero-order valence-corrected chi connectivity index (χ0v) is 12.0. The van der Waals surface area contributed by atoms with E-state index in [1.54, 1.807) is 0 Å². The molecule has 0 unspecified atom stereocenters. The quantitative estimate of drug-likeness (QED) is 0.890. The topological polar surface area (TPSA) is 66.4 Å². The highest BCUT2D eigenvalue weighted by Crippen LogP contribution is 2.32. The molecule has 1 aliphatic rings. The number of nitrogens with one attached hydrogen (secondary N) is 1. The summed E-state index contributed by atoms with van der Waals surface area (Å²) in [7, 11) is 0. The summed E-state index contributed by atoms with van der Waals surface area (Å²) in [5.41, 5.74) is 2.81. The molecule has 108 valence electrons. The second-order valence-corrected chi connectivity index (χ2v) is 5.59. The van der Waals surface area contributed by atoms with E-state index in [-0.39, 0.29) is 5.91 Å². The fraction of sp³-hybridized carbons (Fsp3) is 0.500. The number of carbonyl (C=O) groups excluding carboxylic acids is 1. The minimum Gasteiger partial charge on any atom is -0.481 e. The van der Waals surface area contributed by atoms with Crippen LogP contribution in [0.1, 0.15) is 36.8 Å². The van der Waals surface area contributed by atoms with Gasteiger partial charge in [0.05, 0.1) is 11.8 Å². The van der Waals surface area contributed by atoms with Crippen LogP contribution in [0.5, 0.6) is 0 Å². The molecule has 2 N–H and O–H groups in total. The number of carbonyl (C=O) groups is 2. The fourth-order valence-corrected chi connectivity index (χ4v) is 2.97. The van der Waals surface area contributed by atoms with Crippen LogP contribution < -0.4 is 5.32 Å². The highest BCUT2D eigenvalue weighted by Gasteiger charge is 2.35. The summed E-state index contributed by atoms with van der Waals surface area (Å²) < 4.78 is 0. The molecule has 0 spiro atoms. The van der Waals surface area contributed by atoms with Crippen molar-refractivity contribution < 1.29 is 14.7 Å². The third-order valence-corrected chi connectivity index (χ3v) is 4.15. The Morgan fingerprint density at radius 2 is 1.65 bits per heavy atom. The molecule has 4 heteroatoms. The summed E-state index contributed by atoms with van der Waals surface area (Å²) in [6.45, 7) is 3.89. The number of benzene rings is 1. The van der Waals surface area contributed by atoms with Crippen LogP contribution in [-0.2, 0) is 9.59 Å². The van der Waals surface area contributed by atoms with Crippen LogP contribution in [0.4, 0.5) is 5.69 Å². The van der Waals surface area contributed by atoms with Crippen molar-refractivity contribution in [1.82, 2.24) is 0 Å². The van der Waals surface area contributed by atoms with Crippen molar-refractivity contribution in [3.8, 4) is 0 Å². The molecule has 0 bridgehead atoms. The smallest absolute Gasteiger partial charge is 0.307 e. The van der Waals surface area contributed by atoms with Gasteiger partial charge in [-0.3, -0.25) is 9.59 Å². The van der Waals surface area contributed by atoms with Gasteiger partial charge < -0.3 is 10.4 Å². The van der Waals surface area contributed by atoms with Gasteiger partial charge in [-0.05, 0) is 37.8 Å². The Morgan fingerprint density at radius 1 is 1.10 bits per heavy atom. The highest BCUT2D eigenvalue weighted by molar-refractivity contribution is 5.96. The van der Waals surface area contributed by atoms with E-state index in [4.69, 9.17) is 0 Å². The predicted molar refractivity (Wildman–Crippen MR) is 77.6 cm³/mol. The van der Waals surface area contributed by atoms with Gasteiger partial charge in [0, 0.05) is 5.69 Å². The monoisotopic (exact) mass is 275 g/mol. The molecule has 0 heterocycles. The third-order valence-electron chi connectivity index (χ3n) is 4.15. The molecule has 1 saturated carbocycles. The minimum absolute atomic E-state index is 0.158. The van der Waals surface area contributed by atoms with Crippen molar-refractivity contribution in [3.63, 3.8) is 0 Å². The standard InChI is InChI=1S/C16H21NO3/c1-10-6-5-7-11(2)14(10)17-15(18)12-8-3-4-9-13(12)16(19)20/h5-7,12-13H,3-4,8-9H2,1-2H3,(H,17,18)(H,19,20)/t12-,13-/m1/s1. The van der Waals surface area contributed by atoms with Crippen molar-refractivity contribution >= 4 is 17.6 Å². The zero-order valence-electron chi connectivity index (χ0n) is 12.0. The molecule has 0 aliphatic heterocycles. The fourth-order valence-electron chi connectivity index (χ4n) is 2.97. The molecule has 4 nitrogen and oxygen atoms in total. The van der Waals surface area contributed by atoms with Crippen LogP contribution in [0.3, 0.4) is 0 Å². The lowest BCUT2D eigenvalue weighted by Crippen LogP contribution is -2.36. The normalized spacial score (nSPS) is 22.3. The van der Waals surface area contributed by atoms with Gasteiger partial charge in [0.1, 0.15) is 0 Å². The largest absolute Gasteiger partial charge is 0.481 e. The SMILES string of the molecule is Cc1cccc(C)c1NC(=O)[C@@H]1CCCC[C@H]1C(=O)O.